The minimum Gasteiger partial charge on any atom is -0.351 e. The fourth-order valence-corrected chi connectivity index (χ4v) is 0.460. The summed E-state index contributed by atoms with van der Waals surface area (Å²) in [6, 6.07) is -1.44. The van der Waals surface area contributed by atoms with Gasteiger partial charge in [0.15, 0.2) is 0 Å². The highest BCUT2D eigenvalue weighted by atomic mass is 16.2. The molecule has 0 aliphatic heterocycles. The number of nitrogens with zero attached hydrogens (tertiary/aromatic N) is 3. The third kappa shape index (κ3) is 9.31. The van der Waals surface area contributed by atoms with Gasteiger partial charge in [-0.3, -0.25) is 10.6 Å². The fraction of sp³-hybridized carbons (Fsp3) is 0. The highest BCUT2D eigenvalue weighted by molar-refractivity contribution is 6.00. The van der Waals surface area contributed by atoms with E-state index in [1.165, 1.54) is 0 Å². The summed E-state index contributed by atoms with van der Waals surface area (Å²) in [7, 11) is 0. The van der Waals surface area contributed by atoms with E-state index in [1.807, 2.05) is 0 Å². The maximum Gasteiger partial charge on any atom is 0.330 e. The van der Waals surface area contributed by atoms with Crippen molar-refractivity contribution in [2.75, 3.05) is 0 Å². The van der Waals surface area contributed by atoms with Gasteiger partial charge in [-0.1, -0.05) is 0 Å². The predicted molar refractivity (Wildman–Crippen MR) is 50.7 cm³/mol. The van der Waals surface area contributed by atoms with E-state index in [0.717, 1.165) is 0 Å². The van der Waals surface area contributed by atoms with Crippen molar-refractivity contribution in [1.29, 1.82) is 0 Å². The van der Waals surface area contributed by atoms with Crippen LogP contribution in [0.3, 0.4) is 0 Å². The molecule has 10 heteroatoms. The molecule has 6 amide bonds. The number of carbonyl (C=O) groups excluding carboxylic acids is 3. The number of hydrogen-bond acceptors (Lipinski definition) is 6. The van der Waals surface area contributed by atoms with E-state index < -0.39 is 18.1 Å². The van der Waals surface area contributed by atoms with Crippen LogP contribution in [0.2, 0.25) is 0 Å². The Morgan fingerprint density at radius 3 is 1.56 bits per heavy atom. The highest BCUT2D eigenvalue weighted by Gasteiger charge is 2.03. The molecule has 0 aliphatic rings. The zero-order chi connectivity index (χ0) is 12.4. The van der Waals surface area contributed by atoms with Crippen molar-refractivity contribution in [2.24, 2.45) is 11.5 Å². The number of aromatic nitrogens is 3. The standard InChI is InChI=1S/C3H6N4O3.C3H3N3/c4-1(8)6-3(10)7-2(5)9;1-2-4-6-5-3-1/h(H6,4,5,6,7,8,9,10);1-3H. The average Bonchev–Trinajstić information content (AvgIpc) is 2.18. The summed E-state index contributed by atoms with van der Waals surface area (Å²) in [6.07, 6.45) is 3.15. The molecule has 0 fully saturated rings. The lowest BCUT2D eigenvalue weighted by molar-refractivity contribution is 0.227. The van der Waals surface area contributed by atoms with Crippen molar-refractivity contribution in [1.82, 2.24) is 26.0 Å². The Morgan fingerprint density at radius 2 is 1.38 bits per heavy atom. The summed E-state index contributed by atoms with van der Waals surface area (Å²) < 4.78 is 0. The molecule has 0 unspecified atom stereocenters. The van der Waals surface area contributed by atoms with E-state index >= 15 is 0 Å². The Hall–Kier alpha value is -2.78. The molecule has 1 aromatic rings. The number of urea groups is 3. The molecule has 0 bridgehead atoms. The third-order valence-electron chi connectivity index (χ3n) is 0.882. The normalized spacial score (nSPS) is 8.00. The van der Waals surface area contributed by atoms with Crippen LogP contribution in [0.15, 0.2) is 18.5 Å². The van der Waals surface area contributed by atoms with E-state index in [0.29, 0.717) is 0 Å². The van der Waals surface area contributed by atoms with Crippen LogP contribution in [-0.2, 0) is 0 Å². The Labute approximate surface area is 89.4 Å². The summed E-state index contributed by atoms with van der Waals surface area (Å²) >= 11 is 0. The minimum atomic E-state index is -1.06. The molecule has 0 saturated carbocycles. The van der Waals surface area contributed by atoms with Crippen molar-refractivity contribution in [3.63, 3.8) is 0 Å². The summed E-state index contributed by atoms with van der Waals surface area (Å²) in [5.41, 5.74) is 9.01. The van der Waals surface area contributed by atoms with E-state index in [9.17, 15) is 14.4 Å². The van der Waals surface area contributed by atoms with Gasteiger partial charge < -0.3 is 11.5 Å². The molecule has 0 spiro atoms. The molecular formula is C6H9N7O3. The van der Waals surface area contributed by atoms with Gasteiger partial charge in [0.05, 0.1) is 12.4 Å². The van der Waals surface area contributed by atoms with Crippen molar-refractivity contribution in [3.8, 4) is 0 Å². The van der Waals surface area contributed by atoms with Gasteiger partial charge in [-0.05, 0) is 11.3 Å². The third-order valence-corrected chi connectivity index (χ3v) is 0.882. The molecule has 0 aliphatic carbocycles. The molecule has 0 radical (unpaired) electrons. The lowest BCUT2D eigenvalue weighted by Crippen LogP contribution is -2.46. The number of primary amides is 2. The maximum atomic E-state index is 10.2. The Morgan fingerprint density at radius 1 is 0.938 bits per heavy atom. The number of rotatable bonds is 0. The monoisotopic (exact) mass is 227 g/mol. The number of nitrogens with two attached hydrogens (primary N) is 2. The largest absolute Gasteiger partial charge is 0.351 e. The van der Waals surface area contributed by atoms with Crippen LogP contribution in [0, 0.1) is 0 Å². The molecule has 0 atom stereocenters. The van der Waals surface area contributed by atoms with Crippen molar-refractivity contribution >= 4 is 18.1 Å². The molecule has 1 heterocycles. The number of imide groups is 2. The van der Waals surface area contributed by atoms with Crippen LogP contribution in [0.25, 0.3) is 0 Å². The zero-order valence-electron chi connectivity index (χ0n) is 7.95. The number of hydrogen-bond donors (Lipinski definition) is 4. The van der Waals surface area contributed by atoms with Crippen molar-refractivity contribution in [3.05, 3.63) is 18.5 Å². The molecular weight excluding hydrogens is 218 g/mol. The summed E-state index contributed by atoms with van der Waals surface area (Å²) in [4.78, 5) is 30.0. The van der Waals surface area contributed by atoms with Crippen LogP contribution in [0.1, 0.15) is 0 Å². The second kappa shape index (κ2) is 7.61. The van der Waals surface area contributed by atoms with Crippen LogP contribution in [0.4, 0.5) is 14.4 Å². The van der Waals surface area contributed by atoms with E-state index in [4.69, 9.17) is 0 Å². The van der Waals surface area contributed by atoms with Gasteiger partial charge in [-0.2, -0.15) is 0 Å². The van der Waals surface area contributed by atoms with Crippen molar-refractivity contribution in [2.45, 2.75) is 0 Å². The van der Waals surface area contributed by atoms with Crippen LogP contribution in [-0.4, -0.2) is 33.5 Å². The Bertz CT molecular complexity index is 310. The lowest BCUT2D eigenvalue weighted by atomic mass is 10.7. The molecule has 0 aromatic carbocycles. The maximum absolute atomic E-state index is 10.2. The van der Waals surface area contributed by atoms with Gasteiger partial charge in [-0.15, -0.1) is 10.2 Å². The van der Waals surface area contributed by atoms with Crippen molar-refractivity contribution < 1.29 is 14.4 Å². The number of amides is 6. The predicted octanol–water partition coefficient (Wildman–Crippen LogP) is -1.69. The molecule has 6 N–H and O–H groups in total. The lowest BCUT2D eigenvalue weighted by Gasteiger charge is -1.97. The summed E-state index contributed by atoms with van der Waals surface area (Å²) in [5, 5.41) is 13.3. The van der Waals surface area contributed by atoms with Crippen LogP contribution in [0.5, 0.6) is 0 Å². The fourth-order valence-electron chi connectivity index (χ4n) is 0.460. The minimum absolute atomic E-state index is 1.04. The van der Waals surface area contributed by atoms with Gasteiger partial charge in [0.25, 0.3) is 0 Å². The quantitative estimate of drug-likeness (QED) is 0.412. The first-order chi connectivity index (χ1) is 7.52. The number of carbonyl (C=O) groups is 3. The zero-order valence-corrected chi connectivity index (χ0v) is 7.95. The molecule has 16 heavy (non-hydrogen) atoms. The Balaban J connectivity index is 0.000000315. The Kier molecular flexibility index (Phi) is 6.29. The van der Waals surface area contributed by atoms with Gasteiger partial charge in [0.2, 0.25) is 0 Å². The summed E-state index contributed by atoms with van der Waals surface area (Å²) in [5.74, 6) is 0. The topological polar surface area (TPSA) is 166 Å². The molecule has 86 valence electrons. The first kappa shape index (κ1) is 13.2. The van der Waals surface area contributed by atoms with E-state index in [-0.39, 0.29) is 0 Å². The first-order valence-electron chi connectivity index (χ1n) is 3.77. The smallest absolute Gasteiger partial charge is 0.330 e. The highest BCUT2D eigenvalue weighted by Crippen LogP contribution is 1.62. The van der Waals surface area contributed by atoms with Gasteiger partial charge in [0, 0.05) is 0 Å². The molecule has 1 aromatic heterocycles. The van der Waals surface area contributed by atoms with Gasteiger partial charge in [-0.25, -0.2) is 14.4 Å². The van der Waals surface area contributed by atoms with Crippen LogP contribution >= 0.6 is 0 Å². The number of nitrogens with one attached hydrogen (secondary N) is 2. The van der Waals surface area contributed by atoms with Gasteiger partial charge in [0.1, 0.15) is 0 Å². The molecule has 10 nitrogen and oxygen atoms in total. The SMILES string of the molecule is NC(=O)NC(=O)NC(N)=O.c1cnnnc1. The first-order valence-corrected chi connectivity index (χ1v) is 3.77. The van der Waals surface area contributed by atoms with E-state index in [2.05, 4.69) is 26.9 Å². The second-order valence-electron chi connectivity index (χ2n) is 2.12. The van der Waals surface area contributed by atoms with Gasteiger partial charge >= 0.3 is 18.1 Å². The molecule has 1 rings (SSSR count). The average molecular weight is 227 g/mol. The summed E-state index contributed by atoms with van der Waals surface area (Å²) in [6.45, 7) is 0. The van der Waals surface area contributed by atoms with Crippen LogP contribution < -0.4 is 22.1 Å². The molecule has 0 saturated heterocycles. The second-order valence-corrected chi connectivity index (χ2v) is 2.12. The van der Waals surface area contributed by atoms with E-state index in [1.54, 1.807) is 29.1 Å².